The fourth-order valence-corrected chi connectivity index (χ4v) is 1.20. The van der Waals surface area contributed by atoms with Gasteiger partial charge in [-0.2, -0.15) is 0 Å². The van der Waals surface area contributed by atoms with E-state index in [1.165, 1.54) is 0 Å². The molecule has 80 valence electrons. The van der Waals surface area contributed by atoms with E-state index in [1.807, 2.05) is 25.1 Å². The molecule has 0 N–H and O–H groups in total. The van der Waals surface area contributed by atoms with Gasteiger partial charge in [-0.05, 0) is 31.9 Å². The number of ether oxygens (including phenoxy) is 1. The molecule has 0 aliphatic heterocycles. The van der Waals surface area contributed by atoms with Crippen molar-refractivity contribution in [1.82, 2.24) is 0 Å². The van der Waals surface area contributed by atoms with E-state index in [2.05, 4.69) is 6.58 Å². The second kappa shape index (κ2) is 6.02. The molecule has 0 aliphatic carbocycles. The van der Waals surface area contributed by atoms with Crippen molar-refractivity contribution in [2.45, 2.75) is 19.8 Å². The summed E-state index contributed by atoms with van der Waals surface area (Å²) in [7, 11) is 0. The number of esters is 1. The first-order valence-corrected chi connectivity index (χ1v) is 5.06. The highest BCUT2D eigenvalue weighted by Crippen LogP contribution is 2.04. The average Bonchev–Trinajstić information content (AvgIpc) is 2.25. The Labute approximate surface area is 90.6 Å². The second-order valence-electron chi connectivity index (χ2n) is 3.56. The maximum Gasteiger partial charge on any atom is 0.338 e. The topological polar surface area (TPSA) is 26.3 Å². The van der Waals surface area contributed by atoms with Crippen molar-refractivity contribution < 1.29 is 9.53 Å². The first-order chi connectivity index (χ1) is 7.20. The quantitative estimate of drug-likeness (QED) is 0.418. The third-order valence-electron chi connectivity index (χ3n) is 1.99. The molecule has 0 heterocycles. The van der Waals surface area contributed by atoms with Crippen LogP contribution in [0.1, 0.15) is 30.1 Å². The Bertz CT molecular complexity index is 328. The Morgan fingerprint density at radius 3 is 2.60 bits per heavy atom. The van der Waals surface area contributed by atoms with Gasteiger partial charge in [0.25, 0.3) is 0 Å². The lowest BCUT2D eigenvalue weighted by molar-refractivity contribution is 0.0500. The van der Waals surface area contributed by atoms with E-state index >= 15 is 0 Å². The molecule has 0 unspecified atom stereocenters. The molecule has 1 rings (SSSR count). The van der Waals surface area contributed by atoms with E-state index in [0.29, 0.717) is 12.2 Å². The Morgan fingerprint density at radius 2 is 2.00 bits per heavy atom. The lowest BCUT2D eigenvalue weighted by Gasteiger charge is -2.04. The van der Waals surface area contributed by atoms with Gasteiger partial charge in [0, 0.05) is 0 Å². The van der Waals surface area contributed by atoms with E-state index in [1.54, 1.807) is 12.1 Å². The molecular weight excluding hydrogens is 188 g/mol. The normalized spacial score (nSPS) is 9.67. The van der Waals surface area contributed by atoms with Crippen molar-refractivity contribution in [2.75, 3.05) is 6.61 Å². The van der Waals surface area contributed by atoms with E-state index in [9.17, 15) is 4.79 Å². The van der Waals surface area contributed by atoms with Crippen LogP contribution in [0, 0.1) is 0 Å². The van der Waals surface area contributed by atoms with Crippen LogP contribution in [0.5, 0.6) is 0 Å². The molecular formula is C13H16O2. The van der Waals surface area contributed by atoms with Crippen LogP contribution in [0.2, 0.25) is 0 Å². The lowest BCUT2D eigenvalue weighted by Crippen LogP contribution is -2.06. The maximum atomic E-state index is 11.4. The number of carbonyl (C=O) groups excluding carboxylic acids is 1. The molecule has 0 aliphatic rings. The molecule has 2 heteroatoms. The largest absolute Gasteiger partial charge is 0.462 e. The number of carbonyl (C=O) groups is 1. The van der Waals surface area contributed by atoms with E-state index < -0.39 is 0 Å². The highest BCUT2D eigenvalue weighted by atomic mass is 16.5. The standard InChI is InChI=1S/C13H16O2/c1-11(2)7-6-10-15-13(14)12-8-4-3-5-9-12/h3-5,8-9H,1,6-7,10H2,2H3. The van der Waals surface area contributed by atoms with Crippen LogP contribution in [0.3, 0.4) is 0 Å². The minimum Gasteiger partial charge on any atom is -0.462 e. The SMILES string of the molecule is C=C(C)CCCOC(=O)c1ccccc1. The summed E-state index contributed by atoms with van der Waals surface area (Å²) in [6.07, 6.45) is 1.75. The van der Waals surface area contributed by atoms with Gasteiger partial charge in [0.1, 0.15) is 0 Å². The van der Waals surface area contributed by atoms with Crippen LogP contribution < -0.4 is 0 Å². The van der Waals surface area contributed by atoms with E-state index in [-0.39, 0.29) is 5.97 Å². The molecule has 15 heavy (non-hydrogen) atoms. The predicted molar refractivity (Wildman–Crippen MR) is 60.8 cm³/mol. The average molecular weight is 204 g/mol. The number of hydrogen-bond acceptors (Lipinski definition) is 2. The van der Waals surface area contributed by atoms with Gasteiger partial charge in [0.2, 0.25) is 0 Å². The van der Waals surface area contributed by atoms with Crippen molar-refractivity contribution in [3.05, 3.63) is 48.0 Å². The van der Waals surface area contributed by atoms with Crippen molar-refractivity contribution >= 4 is 5.97 Å². The van der Waals surface area contributed by atoms with Crippen LogP contribution >= 0.6 is 0 Å². The van der Waals surface area contributed by atoms with Gasteiger partial charge >= 0.3 is 5.97 Å². The van der Waals surface area contributed by atoms with Gasteiger partial charge in [0.05, 0.1) is 12.2 Å². The van der Waals surface area contributed by atoms with Crippen LogP contribution in [-0.2, 0) is 4.74 Å². The smallest absolute Gasteiger partial charge is 0.338 e. The lowest BCUT2D eigenvalue weighted by atomic mass is 10.2. The summed E-state index contributed by atoms with van der Waals surface area (Å²) in [4.78, 5) is 11.4. The maximum absolute atomic E-state index is 11.4. The Morgan fingerprint density at radius 1 is 1.33 bits per heavy atom. The molecule has 0 saturated carbocycles. The summed E-state index contributed by atoms with van der Waals surface area (Å²) >= 11 is 0. The molecule has 0 amide bonds. The summed E-state index contributed by atoms with van der Waals surface area (Å²) in [5, 5.41) is 0. The van der Waals surface area contributed by atoms with Crippen molar-refractivity contribution in [3.63, 3.8) is 0 Å². The molecule has 0 aromatic heterocycles. The molecule has 0 atom stereocenters. The molecule has 2 nitrogen and oxygen atoms in total. The third kappa shape index (κ3) is 4.45. The molecule has 0 fully saturated rings. The zero-order chi connectivity index (χ0) is 11.1. The highest BCUT2D eigenvalue weighted by Gasteiger charge is 2.04. The van der Waals surface area contributed by atoms with E-state index in [4.69, 9.17) is 4.74 Å². The summed E-state index contributed by atoms with van der Waals surface area (Å²) in [5.74, 6) is -0.252. The monoisotopic (exact) mass is 204 g/mol. The first kappa shape index (κ1) is 11.5. The second-order valence-corrected chi connectivity index (χ2v) is 3.56. The van der Waals surface area contributed by atoms with Crippen LogP contribution in [-0.4, -0.2) is 12.6 Å². The zero-order valence-electron chi connectivity index (χ0n) is 9.03. The van der Waals surface area contributed by atoms with Crippen molar-refractivity contribution in [1.29, 1.82) is 0 Å². The summed E-state index contributed by atoms with van der Waals surface area (Å²) in [6.45, 7) is 6.22. The summed E-state index contributed by atoms with van der Waals surface area (Å²) in [6, 6.07) is 9.02. The van der Waals surface area contributed by atoms with Crippen LogP contribution in [0.15, 0.2) is 42.5 Å². The number of benzene rings is 1. The molecule has 0 radical (unpaired) electrons. The number of allylic oxidation sites excluding steroid dienone is 1. The van der Waals surface area contributed by atoms with Crippen molar-refractivity contribution in [2.24, 2.45) is 0 Å². The van der Waals surface area contributed by atoms with Gasteiger partial charge < -0.3 is 4.74 Å². The van der Waals surface area contributed by atoms with Gasteiger partial charge in [-0.1, -0.05) is 23.8 Å². The van der Waals surface area contributed by atoms with Gasteiger partial charge in [-0.3, -0.25) is 0 Å². The molecule has 0 bridgehead atoms. The van der Waals surface area contributed by atoms with Gasteiger partial charge in [-0.15, -0.1) is 6.58 Å². The number of rotatable bonds is 5. The van der Waals surface area contributed by atoms with Gasteiger partial charge in [0.15, 0.2) is 0 Å². The molecule has 0 saturated heterocycles. The molecule has 0 spiro atoms. The van der Waals surface area contributed by atoms with Crippen molar-refractivity contribution in [3.8, 4) is 0 Å². The fraction of sp³-hybridized carbons (Fsp3) is 0.308. The van der Waals surface area contributed by atoms with Crippen LogP contribution in [0.25, 0.3) is 0 Å². The minimum absolute atomic E-state index is 0.252. The fourth-order valence-electron chi connectivity index (χ4n) is 1.20. The Balaban J connectivity index is 2.28. The molecule has 1 aromatic rings. The van der Waals surface area contributed by atoms with E-state index in [0.717, 1.165) is 18.4 Å². The predicted octanol–water partition coefficient (Wildman–Crippen LogP) is 3.20. The minimum atomic E-state index is -0.252. The summed E-state index contributed by atoms with van der Waals surface area (Å²) < 4.78 is 5.10. The Hall–Kier alpha value is -1.57. The number of hydrogen-bond donors (Lipinski definition) is 0. The molecule has 1 aromatic carbocycles. The summed E-state index contributed by atoms with van der Waals surface area (Å²) in [5.41, 5.74) is 1.72. The highest BCUT2D eigenvalue weighted by molar-refractivity contribution is 5.89. The third-order valence-corrected chi connectivity index (χ3v) is 1.99. The van der Waals surface area contributed by atoms with Gasteiger partial charge in [-0.25, -0.2) is 4.79 Å². The Kier molecular flexibility index (Phi) is 4.61. The first-order valence-electron chi connectivity index (χ1n) is 5.06. The van der Waals surface area contributed by atoms with Crippen LogP contribution in [0.4, 0.5) is 0 Å². The zero-order valence-corrected chi connectivity index (χ0v) is 9.03.